The first-order valence-corrected chi connectivity index (χ1v) is 7.36. The first-order chi connectivity index (χ1) is 9.33. The maximum absolute atomic E-state index is 4.34. The summed E-state index contributed by atoms with van der Waals surface area (Å²) in [5, 5.41) is 9.07. The molecule has 0 aliphatic heterocycles. The number of rotatable bonds is 4. The number of fused-ring (bicyclic) bond motifs is 1. The highest BCUT2D eigenvalue weighted by Crippen LogP contribution is 2.17. The first kappa shape index (κ1) is 12.3. The number of nitrogens with zero attached hydrogens (tertiary/aromatic N) is 1. The summed E-state index contributed by atoms with van der Waals surface area (Å²) in [6, 6.07) is 13.1. The van der Waals surface area contributed by atoms with Gasteiger partial charge in [-0.2, -0.15) is 11.3 Å². The molecule has 0 spiro atoms. The van der Waals surface area contributed by atoms with Crippen LogP contribution in [-0.4, -0.2) is 4.98 Å². The van der Waals surface area contributed by atoms with Gasteiger partial charge >= 0.3 is 0 Å². The molecule has 3 heteroatoms. The van der Waals surface area contributed by atoms with E-state index in [2.05, 4.69) is 58.3 Å². The van der Waals surface area contributed by atoms with Gasteiger partial charge in [0.05, 0.1) is 5.52 Å². The molecule has 19 heavy (non-hydrogen) atoms. The normalized spacial score (nSPS) is 12.7. The number of pyridine rings is 1. The van der Waals surface area contributed by atoms with Gasteiger partial charge in [-0.05, 0) is 53.1 Å². The number of benzene rings is 1. The Kier molecular flexibility index (Phi) is 3.58. The van der Waals surface area contributed by atoms with Gasteiger partial charge in [0.15, 0.2) is 0 Å². The molecule has 1 unspecified atom stereocenters. The third-order valence-corrected chi connectivity index (χ3v) is 4.02. The van der Waals surface area contributed by atoms with E-state index in [1.807, 2.05) is 12.3 Å². The van der Waals surface area contributed by atoms with Gasteiger partial charge in [-0.1, -0.05) is 12.1 Å². The third kappa shape index (κ3) is 2.83. The summed E-state index contributed by atoms with van der Waals surface area (Å²) in [6.07, 6.45) is 1.83. The van der Waals surface area contributed by atoms with Crippen LogP contribution in [0.2, 0.25) is 0 Å². The Morgan fingerprint density at radius 3 is 3.05 bits per heavy atom. The predicted octanol–water partition coefficient (Wildman–Crippen LogP) is 4.15. The van der Waals surface area contributed by atoms with E-state index in [9.17, 15) is 0 Å². The standard InChI is InChI=1S/C16H16N2S/c1-12(15-6-8-19-11-15)18-10-13-4-5-16-14(9-13)3-2-7-17-16/h2-9,11-12,18H,10H2,1H3. The monoisotopic (exact) mass is 268 g/mol. The number of hydrogen-bond acceptors (Lipinski definition) is 3. The van der Waals surface area contributed by atoms with Crippen LogP contribution in [0.25, 0.3) is 10.9 Å². The largest absolute Gasteiger partial charge is 0.306 e. The summed E-state index contributed by atoms with van der Waals surface area (Å²) in [5.41, 5.74) is 3.70. The van der Waals surface area contributed by atoms with Crippen LogP contribution in [0.15, 0.2) is 53.4 Å². The zero-order valence-electron chi connectivity index (χ0n) is 10.8. The molecule has 2 aromatic heterocycles. The molecule has 0 aliphatic rings. The SMILES string of the molecule is CC(NCc1ccc2ncccc2c1)c1ccsc1. The van der Waals surface area contributed by atoms with E-state index in [0.717, 1.165) is 12.1 Å². The number of nitrogens with one attached hydrogen (secondary N) is 1. The van der Waals surface area contributed by atoms with Gasteiger partial charge in [0.25, 0.3) is 0 Å². The molecular weight excluding hydrogens is 252 g/mol. The van der Waals surface area contributed by atoms with Crippen molar-refractivity contribution in [2.45, 2.75) is 19.5 Å². The van der Waals surface area contributed by atoms with Crippen LogP contribution in [0.5, 0.6) is 0 Å². The first-order valence-electron chi connectivity index (χ1n) is 6.42. The van der Waals surface area contributed by atoms with Gasteiger partial charge in [-0.3, -0.25) is 4.98 Å². The van der Waals surface area contributed by atoms with Crippen molar-refractivity contribution < 1.29 is 0 Å². The number of thiophene rings is 1. The van der Waals surface area contributed by atoms with Crippen LogP contribution in [-0.2, 0) is 6.54 Å². The minimum Gasteiger partial charge on any atom is -0.306 e. The molecule has 2 heterocycles. The highest BCUT2D eigenvalue weighted by Gasteiger charge is 2.05. The molecule has 3 rings (SSSR count). The molecule has 0 saturated carbocycles. The van der Waals surface area contributed by atoms with Gasteiger partial charge in [0.1, 0.15) is 0 Å². The van der Waals surface area contributed by atoms with Gasteiger partial charge in [0.2, 0.25) is 0 Å². The molecule has 0 radical (unpaired) electrons. The van der Waals surface area contributed by atoms with Crippen LogP contribution in [0.1, 0.15) is 24.1 Å². The van der Waals surface area contributed by atoms with E-state index in [0.29, 0.717) is 6.04 Å². The maximum Gasteiger partial charge on any atom is 0.0702 e. The maximum atomic E-state index is 4.34. The molecule has 0 aliphatic carbocycles. The Labute approximate surface area is 117 Å². The lowest BCUT2D eigenvalue weighted by Gasteiger charge is -2.12. The number of hydrogen-bond donors (Lipinski definition) is 1. The van der Waals surface area contributed by atoms with Gasteiger partial charge < -0.3 is 5.32 Å². The zero-order chi connectivity index (χ0) is 13.1. The second-order valence-electron chi connectivity index (χ2n) is 4.69. The Bertz CT molecular complexity index is 661. The fourth-order valence-electron chi connectivity index (χ4n) is 2.15. The predicted molar refractivity (Wildman–Crippen MR) is 81.3 cm³/mol. The highest BCUT2D eigenvalue weighted by atomic mass is 32.1. The summed E-state index contributed by atoms with van der Waals surface area (Å²) in [4.78, 5) is 4.34. The van der Waals surface area contributed by atoms with E-state index < -0.39 is 0 Å². The molecule has 0 saturated heterocycles. The molecule has 1 atom stereocenters. The van der Waals surface area contributed by atoms with Crippen LogP contribution in [0, 0.1) is 0 Å². The van der Waals surface area contributed by atoms with Crippen molar-refractivity contribution in [2.24, 2.45) is 0 Å². The Hall–Kier alpha value is -1.71. The molecule has 0 bridgehead atoms. The van der Waals surface area contributed by atoms with Crippen molar-refractivity contribution >= 4 is 22.2 Å². The van der Waals surface area contributed by atoms with Gasteiger partial charge in [-0.25, -0.2) is 0 Å². The van der Waals surface area contributed by atoms with Crippen molar-refractivity contribution in [2.75, 3.05) is 0 Å². The van der Waals surface area contributed by atoms with Crippen molar-refractivity contribution in [3.63, 3.8) is 0 Å². The Morgan fingerprint density at radius 2 is 2.21 bits per heavy atom. The lowest BCUT2D eigenvalue weighted by Crippen LogP contribution is -2.17. The minimum absolute atomic E-state index is 0.385. The fourth-order valence-corrected chi connectivity index (χ4v) is 2.90. The molecule has 1 N–H and O–H groups in total. The molecule has 0 amide bonds. The van der Waals surface area contributed by atoms with Gasteiger partial charge in [0, 0.05) is 24.2 Å². The average molecular weight is 268 g/mol. The lowest BCUT2D eigenvalue weighted by molar-refractivity contribution is 0.576. The van der Waals surface area contributed by atoms with Gasteiger partial charge in [-0.15, -0.1) is 0 Å². The van der Waals surface area contributed by atoms with Crippen molar-refractivity contribution in [3.8, 4) is 0 Å². The van der Waals surface area contributed by atoms with Crippen LogP contribution in [0.3, 0.4) is 0 Å². The summed E-state index contributed by atoms with van der Waals surface area (Å²) in [7, 11) is 0. The summed E-state index contributed by atoms with van der Waals surface area (Å²) >= 11 is 1.74. The molecule has 3 aromatic rings. The van der Waals surface area contributed by atoms with E-state index in [4.69, 9.17) is 0 Å². The zero-order valence-corrected chi connectivity index (χ0v) is 11.7. The molecule has 96 valence electrons. The molecule has 2 nitrogen and oxygen atoms in total. The quantitative estimate of drug-likeness (QED) is 0.769. The summed E-state index contributed by atoms with van der Waals surface area (Å²) in [5.74, 6) is 0. The van der Waals surface area contributed by atoms with E-state index in [1.54, 1.807) is 11.3 Å². The molecule has 1 aromatic carbocycles. The Balaban J connectivity index is 1.71. The van der Waals surface area contributed by atoms with E-state index in [-0.39, 0.29) is 0 Å². The topological polar surface area (TPSA) is 24.9 Å². The molecule has 0 fully saturated rings. The van der Waals surface area contributed by atoms with Crippen molar-refractivity contribution in [1.82, 2.24) is 10.3 Å². The fraction of sp³-hybridized carbons (Fsp3) is 0.188. The third-order valence-electron chi connectivity index (χ3n) is 3.32. The van der Waals surface area contributed by atoms with Crippen molar-refractivity contribution in [3.05, 3.63) is 64.5 Å². The number of aromatic nitrogens is 1. The average Bonchev–Trinajstić information content (AvgIpc) is 2.99. The lowest BCUT2D eigenvalue weighted by atomic mass is 10.1. The smallest absolute Gasteiger partial charge is 0.0702 e. The summed E-state index contributed by atoms with van der Waals surface area (Å²) in [6.45, 7) is 3.08. The van der Waals surface area contributed by atoms with E-state index in [1.165, 1.54) is 16.5 Å². The summed E-state index contributed by atoms with van der Waals surface area (Å²) < 4.78 is 0. The van der Waals surface area contributed by atoms with Crippen LogP contribution >= 0.6 is 11.3 Å². The Morgan fingerprint density at radius 1 is 1.26 bits per heavy atom. The molecular formula is C16H16N2S. The second-order valence-corrected chi connectivity index (χ2v) is 5.47. The van der Waals surface area contributed by atoms with E-state index >= 15 is 0 Å². The second kappa shape index (κ2) is 5.51. The van der Waals surface area contributed by atoms with Crippen molar-refractivity contribution in [1.29, 1.82) is 0 Å². The van der Waals surface area contributed by atoms with Crippen LogP contribution in [0.4, 0.5) is 0 Å². The van der Waals surface area contributed by atoms with Crippen LogP contribution < -0.4 is 5.32 Å². The minimum atomic E-state index is 0.385. The highest BCUT2D eigenvalue weighted by molar-refractivity contribution is 7.07.